The number of imide groups is 1. The predicted molar refractivity (Wildman–Crippen MR) is 76.0 cm³/mol. The van der Waals surface area contributed by atoms with E-state index < -0.39 is 0 Å². The van der Waals surface area contributed by atoms with Crippen molar-refractivity contribution >= 4 is 17.5 Å². The van der Waals surface area contributed by atoms with E-state index in [2.05, 4.69) is 12.2 Å². The standard InChI is InChI=1S/C17H17NO2/c1-10-4-2-3-5-13(10)18-16(19)14-11-6-7-12(9-8-11)15(14)17(18)20/h2-7,11-12,14-15H,8-9H2,1H3/t11-,12+,14-,15+. The topological polar surface area (TPSA) is 37.4 Å². The van der Waals surface area contributed by atoms with E-state index in [-0.39, 0.29) is 35.5 Å². The van der Waals surface area contributed by atoms with E-state index in [9.17, 15) is 9.59 Å². The summed E-state index contributed by atoms with van der Waals surface area (Å²) in [5.41, 5.74) is 1.74. The lowest BCUT2D eigenvalue weighted by Gasteiger charge is -2.38. The van der Waals surface area contributed by atoms with Gasteiger partial charge in [-0.3, -0.25) is 9.59 Å². The molecule has 1 aliphatic heterocycles. The first-order valence-electron chi connectivity index (χ1n) is 7.30. The first kappa shape index (κ1) is 11.9. The molecule has 1 aromatic rings. The Bertz CT molecular complexity index is 602. The Morgan fingerprint density at radius 2 is 1.50 bits per heavy atom. The van der Waals surface area contributed by atoms with E-state index in [1.165, 1.54) is 4.90 Å². The minimum absolute atomic E-state index is 0.00773. The highest BCUT2D eigenvalue weighted by Crippen LogP contribution is 2.50. The van der Waals surface area contributed by atoms with Gasteiger partial charge in [-0.1, -0.05) is 30.4 Å². The van der Waals surface area contributed by atoms with Crippen LogP contribution in [0.4, 0.5) is 5.69 Å². The van der Waals surface area contributed by atoms with Crippen LogP contribution in [-0.2, 0) is 9.59 Å². The Kier molecular flexibility index (Phi) is 2.40. The lowest BCUT2D eigenvalue weighted by atomic mass is 9.63. The van der Waals surface area contributed by atoms with E-state index in [0.29, 0.717) is 0 Å². The van der Waals surface area contributed by atoms with E-state index in [0.717, 1.165) is 24.1 Å². The van der Waals surface area contributed by atoms with Crippen molar-refractivity contribution in [2.24, 2.45) is 23.7 Å². The highest BCUT2D eigenvalue weighted by Gasteiger charge is 2.56. The summed E-state index contributed by atoms with van der Waals surface area (Å²) >= 11 is 0. The minimum atomic E-state index is -0.120. The fourth-order valence-electron chi connectivity index (χ4n) is 4.13. The minimum Gasteiger partial charge on any atom is -0.274 e. The van der Waals surface area contributed by atoms with Gasteiger partial charge in [0, 0.05) is 0 Å². The van der Waals surface area contributed by atoms with Crippen molar-refractivity contribution in [3.05, 3.63) is 42.0 Å². The molecule has 3 nitrogen and oxygen atoms in total. The summed E-state index contributed by atoms with van der Waals surface area (Å²) in [4.78, 5) is 27.0. The highest BCUT2D eigenvalue weighted by molar-refractivity contribution is 6.22. The van der Waals surface area contributed by atoms with Crippen LogP contribution in [0.25, 0.3) is 0 Å². The first-order chi connectivity index (χ1) is 9.68. The average Bonchev–Trinajstić information content (AvgIpc) is 2.75. The Morgan fingerprint density at radius 3 is 2.00 bits per heavy atom. The van der Waals surface area contributed by atoms with Crippen LogP contribution in [0.15, 0.2) is 36.4 Å². The molecule has 2 bridgehead atoms. The van der Waals surface area contributed by atoms with Gasteiger partial charge < -0.3 is 0 Å². The molecule has 0 unspecified atom stereocenters. The van der Waals surface area contributed by atoms with Crippen LogP contribution in [0.1, 0.15) is 18.4 Å². The zero-order chi connectivity index (χ0) is 13.9. The van der Waals surface area contributed by atoms with Gasteiger partial charge in [-0.2, -0.15) is 0 Å². The number of amides is 2. The van der Waals surface area contributed by atoms with Crippen molar-refractivity contribution < 1.29 is 9.59 Å². The number of hydrogen-bond donors (Lipinski definition) is 0. The van der Waals surface area contributed by atoms with Gasteiger partial charge in [0.1, 0.15) is 0 Å². The van der Waals surface area contributed by atoms with E-state index >= 15 is 0 Å². The lowest BCUT2D eigenvalue weighted by molar-refractivity contribution is -0.124. The summed E-state index contributed by atoms with van der Waals surface area (Å²) in [6, 6.07) is 7.64. The van der Waals surface area contributed by atoms with Gasteiger partial charge in [0.05, 0.1) is 17.5 Å². The van der Waals surface area contributed by atoms with Crippen LogP contribution in [-0.4, -0.2) is 11.8 Å². The molecular formula is C17H17NO2. The van der Waals surface area contributed by atoms with Crippen LogP contribution in [0.5, 0.6) is 0 Å². The lowest BCUT2D eigenvalue weighted by Crippen LogP contribution is -2.38. The predicted octanol–water partition coefficient (Wildman–Crippen LogP) is 2.70. The molecule has 5 rings (SSSR count). The average molecular weight is 267 g/mol. The van der Waals surface area contributed by atoms with Crippen LogP contribution in [0.3, 0.4) is 0 Å². The summed E-state index contributed by atoms with van der Waals surface area (Å²) < 4.78 is 0. The van der Waals surface area contributed by atoms with Crippen LogP contribution in [0.2, 0.25) is 0 Å². The molecule has 0 aromatic heterocycles. The molecule has 3 heteroatoms. The number of allylic oxidation sites excluding steroid dienone is 2. The number of carbonyl (C=O) groups is 2. The van der Waals surface area contributed by atoms with Crippen LogP contribution in [0, 0.1) is 30.6 Å². The van der Waals surface area contributed by atoms with Crippen molar-refractivity contribution in [1.82, 2.24) is 0 Å². The molecule has 0 spiro atoms. The molecule has 2 fully saturated rings. The fraction of sp³-hybridized carbons (Fsp3) is 0.412. The molecule has 2 amide bonds. The Hall–Kier alpha value is -1.90. The maximum atomic E-state index is 12.8. The number of anilines is 1. The number of carbonyl (C=O) groups excluding carboxylic acids is 2. The van der Waals surface area contributed by atoms with Gasteiger partial charge in [0.15, 0.2) is 0 Å². The monoisotopic (exact) mass is 267 g/mol. The number of nitrogens with zero attached hydrogens (tertiary/aromatic N) is 1. The number of hydrogen-bond acceptors (Lipinski definition) is 2. The third-order valence-electron chi connectivity index (χ3n) is 5.12. The van der Waals surface area contributed by atoms with E-state index in [1.54, 1.807) is 0 Å². The first-order valence-corrected chi connectivity index (χ1v) is 7.30. The second-order valence-electron chi connectivity index (χ2n) is 6.14. The smallest absolute Gasteiger partial charge is 0.238 e. The largest absolute Gasteiger partial charge is 0.274 e. The van der Waals surface area contributed by atoms with E-state index in [4.69, 9.17) is 0 Å². The van der Waals surface area contributed by atoms with Gasteiger partial charge in [0.2, 0.25) is 11.8 Å². The third kappa shape index (κ3) is 1.41. The third-order valence-corrected chi connectivity index (χ3v) is 5.12. The summed E-state index contributed by atoms with van der Waals surface area (Å²) in [7, 11) is 0. The van der Waals surface area contributed by atoms with Gasteiger partial charge >= 0.3 is 0 Å². The zero-order valence-corrected chi connectivity index (χ0v) is 11.5. The normalized spacial score (nSPS) is 34.8. The van der Waals surface area contributed by atoms with Gasteiger partial charge in [-0.05, 0) is 43.2 Å². The molecule has 0 radical (unpaired) electrons. The van der Waals surface area contributed by atoms with Gasteiger partial charge in [0.25, 0.3) is 0 Å². The van der Waals surface area contributed by atoms with Gasteiger partial charge in [-0.15, -0.1) is 0 Å². The molecule has 1 saturated carbocycles. The number of benzene rings is 1. The maximum Gasteiger partial charge on any atom is 0.238 e. The molecule has 1 saturated heterocycles. The number of fused-ring (bicyclic) bond motifs is 1. The van der Waals surface area contributed by atoms with Crippen molar-refractivity contribution in [3.63, 3.8) is 0 Å². The Morgan fingerprint density at radius 1 is 0.950 bits per heavy atom. The number of para-hydroxylation sites is 1. The molecular weight excluding hydrogens is 250 g/mol. The second kappa shape index (κ2) is 4.05. The molecule has 102 valence electrons. The molecule has 3 aliphatic carbocycles. The molecule has 0 N–H and O–H groups in total. The molecule has 1 heterocycles. The SMILES string of the molecule is Cc1ccccc1N1C(=O)[C@@H]2[C@H](C1=O)[C@@H]1C=C[C@H]2CC1. The zero-order valence-electron chi connectivity index (χ0n) is 11.5. The quantitative estimate of drug-likeness (QED) is 0.579. The maximum absolute atomic E-state index is 12.8. The van der Waals surface area contributed by atoms with E-state index in [1.807, 2.05) is 31.2 Å². The summed E-state index contributed by atoms with van der Waals surface area (Å²) in [6.45, 7) is 1.95. The van der Waals surface area contributed by atoms with Crippen molar-refractivity contribution in [3.8, 4) is 0 Å². The van der Waals surface area contributed by atoms with Crippen LogP contribution >= 0.6 is 0 Å². The van der Waals surface area contributed by atoms with Crippen molar-refractivity contribution in [2.75, 3.05) is 4.90 Å². The molecule has 4 atom stereocenters. The fourth-order valence-corrected chi connectivity index (χ4v) is 4.13. The Balaban J connectivity index is 1.80. The Labute approximate surface area is 118 Å². The second-order valence-corrected chi connectivity index (χ2v) is 6.14. The van der Waals surface area contributed by atoms with Crippen molar-refractivity contribution in [1.29, 1.82) is 0 Å². The summed E-state index contributed by atoms with van der Waals surface area (Å²) in [5, 5.41) is 0. The number of aryl methyl sites for hydroxylation is 1. The van der Waals surface area contributed by atoms with Crippen LogP contribution < -0.4 is 4.90 Å². The molecule has 20 heavy (non-hydrogen) atoms. The summed E-state index contributed by atoms with van der Waals surface area (Å²) in [6.07, 6.45) is 6.40. The number of rotatable bonds is 1. The molecule has 1 aromatic carbocycles. The highest BCUT2D eigenvalue weighted by atomic mass is 16.2. The molecule has 4 aliphatic rings. The summed E-state index contributed by atoms with van der Waals surface area (Å²) in [5.74, 6) is 0.296. The van der Waals surface area contributed by atoms with Crippen molar-refractivity contribution in [2.45, 2.75) is 19.8 Å². The van der Waals surface area contributed by atoms with Gasteiger partial charge in [-0.25, -0.2) is 4.90 Å².